The van der Waals surface area contributed by atoms with Crippen LogP contribution in [0, 0.1) is 0 Å². The predicted molar refractivity (Wildman–Crippen MR) is 46.4 cm³/mol. The first-order chi connectivity index (χ1) is 5.43. The van der Waals surface area contributed by atoms with Crippen molar-refractivity contribution in [2.24, 2.45) is 0 Å². The van der Waals surface area contributed by atoms with Crippen molar-refractivity contribution in [1.82, 2.24) is 0 Å². The van der Waals surface area contributed by atoms with E-state index in [-0.39, 0.29) is 11.7 Å². The van der Waals surface area contributed by atoms with Crippen LogP contribution in [0.1, 0.15) is 20.3 Å². The Balaban J connectivity index is 4.04. The minimum absolute atomic E-state index is 0.130. The van der Waals surface area contributed by atoms with Gasteiger partial charge in [0.2, 0.25) is 0 Å². The second kappa shape index (κ2) is 5.03. The molecule has 5 heteroatoms. The summed E-state index contributed by atoms with van der Waals surface area (Å²) in [5, 5.41) is 16.3. The van der Waals surface area contributed by atoms with Crippen molar-refractivity contribution >= 4 is 23.7 Å². The van der Waals surface area contributed by atoms with Crippen molar-refractivity contribution in [2.45, 2.75) is 30.8 Å². The van der Waals surface area contributed by atoms with E-state index in [1.165, 1.54) is 0 Å². The van der Waals surface area contributed by atoms with Crippen molar-refractivity contribution < 1.29 is 19.8 Å². The smallest absolute Gasteiger partial charge is 0.317 e. The minimum atomic E-state index is -1.07. The average Bonchev–Trinajstić information content (AvgIpc) is 1.83. The molecule has 0 aliphatic heterocycles. The third kappa shape index (κ3) is 5.01. The van der Waals surface area contributed by atoms with Gasteiger partial charge in [-0.25, -0.2) is 0 Å². The first-order valence-corrected chi connectivity index (χ1v) is 4.47. The van der Waals surface area contributed by atoms with Crippen LogP contribution >= 0.6 is 11.8 Å². The second-order valence-electron chi connectivity index (χ2n) is 2.61. The van der Waals surface area contributed by atoms with Crippen LogP contribution in [0.4, 0.5) is 0 Å². The highest BCUT2D eigenvalue weighted by atomic mass is 32.2. The summed E-state index contributed by atoms with van der Waals surface area (Å²) in [5.74, 6) is -2.13. The zero-order valence-electron chi connectivity index (χ0n) is 6.98. The van der Waals surface area contributed by atoms with Gasteiger partial charge in [-0.15, -0.1) is 11.8 Å². The van der Waals surface area contributed by atoms with Crippen molar-refractivity contribution in [2.75, 3.05) is 0 Å². The molecule has 0 aromatic rings. The first-order valence-electron chi connectivity index (χ1n) is 3.53. The molecule has 0 aliphatic carbocycles. The van der Waals surface area contributed by atoms with Crippen molar-refractivity contribution in [3.8, 4) is 0 Å². The number of hydrogen-bond donors (Lipinski definition) is 2. The zero-order valence-corrected chi connectivity index (χ0v) is 7.80. The van der Waals surface area contributed by atoms with Crippen LogP contribution in [0.15, 0.2) is 0 Å². The number of carboxylic acids is 2. The Hall–Kier alpha value is -0.710. The van der Waals surface area contributed by atoms with Crippen LogP contribution in [-0.2, 0) is 9.59 Å². The standard InChI is InChI=1S/C7H12O4S/c1-4(2)12-5(7(10)11)3-6(8)9/h4-5H,3H2,1-2H3,(H,8,9)(H,10,11). The van der Waals surface area contributed by atoms with E-state index in [0.29, 0.717) is 0 Å². The van der Waals surface area contributed by atoms with E-state index in [0.717, 1.165) is 11.8 Å². The number of carbonyl (C=O) groups is 2. The van der Waals surface area contributed by atoms with Gasteiger partial charge in [0.1, 0.15) is 5.25 Å². The highest BCUT2D eigenvalue weighted by Gasteiger charge is 2.22. The van der Waals surface area contributed by atoms with Crippen LogP contribution in [0.3, 0.4) is 0 Å². The normalized spacial score (nSPS) is 12.9. The molecular formula is C7H12O4S. The molecule has 0 heterocycles. The molecule has 0 bridgehead atoms. The Labute approximate surface area is 75.0 Å². The summed E-state index contributed by atoms with van der Waals surface area (Å²) in [6.45, 7) is 3.67. The lowest BCUT2D eigenvalue weighted by Gasteiger charge is -2.11. The highest BCUT2D eigenvalue weighted by molar-refractivity contribution is 8.01. The molecule has 0 aromatic heterocycles. The van der Waals surface area contributed by atoms with Gasteiger partial charge in [-0.1, -0.05) is 13.8 Å². The van der Waals surface area contributed by atoms with Crippen LogP contribution in [0.2, 0.25) is 0 Å². The van der Waals surface area contributed by atoms with Gasteiger partial charge >= 0.3 is 11.9 Å². The topological polar surface area (TPSA) is 74.6 Å². The van der Waals surface area contributed by atoms with E-state index in [9.17, 15) is 9.59 Å². The summed E-state index contributed by atoms with van der Waals surface area (Å²) < 4.78 is 0. The van der Waals surface area contributed by atoms with E-state index in [2.05, 4.69) is 0 Å². The molecule has 2 N–H and O–H groups in total. The molecule has 0 saturated heterocycles. The van der Waals surface area contributed by atoms with Gasteiger partial charge in [0.25, 0.3) is 0 Å². The van der Waals surface area contributed by atoms with E-state index in [4.69, 9.17) is 10.2 Å². The van der Waals surface area contributed by atoms with Gasteiger partial charge in [0.05, 0.1) is 6.42 Å². The quantitative estimate of drug-likeness (QED) is 0.681. The van der Waals surface area contributed by atoms with E-state index < -0.39 is 17.2 Å². The Kier molecular flexibility index (Phi) is 4.73. The molecule has 0 aliphatic rings. The fourth-order valence-electron chi connectivity index (χ4n) is 0.681. The van der Waals surface area contributed by atoms with E-state index >= 15 is 0 Å². The van der Waals surface area contributed by atoms with E-state index in [1.807, 2.05) is 13.8 Å². The summed E-state index contributed by atoms with van der Waals surface area (Å²) in [6, 6.07) is 0. The predicted octanol–water partition coefficient (Wildman–Crippen LogP) is 1.06. The van der Waals surface area contributed by atoms with Crippen LogP contribution < -0.4 is 0 Å². The maximum atomic E-state index is 10.5. The van der Waals surface area contributed by atoms with Gasteiger partial charge in [0, 0.05) is 0 Å². The number of aliphatic carboxylic acids is 2. The van der Waals surface area contributed by atoms with Crippen molar-refractivity contribution in [3.63, 3.8) is 0 Å². The first kappa shape index (κ1) is 11.3. The largest absolute Gasteiger partial charge is 0.481 e. The lowest BCUT2D eigenvalue weighted by Crippen LogP contribution is -2.21. The molecule has 4 nitrogen and oxygen atoms in total. The maximum absolute atomic E-state index is 10.5. The fraction of sp³-hybridized carbons (Fsp3) is 0.714. The van der Waals surface area contributed by atoms with Gasteiger partial charge < -0.3 is 10.2 Å². The maximum Gasteiger partial charge on any atom is 0.317 e. The Morgan fingerprint density at radius 2 is 1.83 bits per heavy atom. The molecule has 70 valence electrons. The summed E-state index contributed by atoms with van der Waals surface area (Å²) in [7, 11) is 0. The minimum Gasteiger partial charge on any atom is -0.481 e. The third-order valence-corrected chi connectivity index (χ3v) is 2.31. The molecule has 0 rings (SSSR count). The van der Waals surface area contributed by atoms with Crippen LogP contribution in [0.5, 0.6) is 0 Å². The molecule has 1 unspecified atom stereocenters. The second-order valence-corrected chi connectivity index (χ2v) is 4.39. The van der Waals surface area contributed by atoms with Crippen LogP contribution in [-0.4, -0.2) is 32.7 Å². The van der Waals surface area contributed by atoms with Crippen molar-refractivity contribution in [3.05, 3.63) is 0 Å². The molecule has 0 fully saturated rings. The number of hydrogen-bond acceptors (Lipinski definition) is 3. The summed E-state index contributed by atoms with van der Waals surface area (Å²) in [5.41, 5.74) is 0. The molecule has 0 spiro atoms. The molecule has 0 saturated carbocycles. The molecule has 12 heavy (non-hydrogen) atoms. The Morgan fingerprint density at radius 1 is 1.33 bits per heavy atom. The van der Waals surface area contributed by atoms with Gasteiger partial charge in [0.15, 0.2) is 0 Å². The summed E-state index contributed by atoms with van der Waals surface area (Å²) in [6.07, 6.45) is -0.321. The Bertz CT molecular complexity index is 178. The van der Waals surface area contributed by atoms with Gasteiger partial charge in [-0.2, -0.15) is 0 Å². The van der Waals surface area contributed by atoms with Crippen LogP contribution in [0.25, 0.3) is 0 Å². The average molecular weight is 192 g/mol. The molecule has 0 amide bonds. The lowest BCUT2D eigenvalue weighted by molar-refractivity contribution is -0.142. The monoisotopic (exact) mass is 192 g/mol. The molecule has 1 atom stereocenters. The van der Waals surface area contributed by atoms with Gasteiger partial charge in [-0.3, -0.25) is 9.59 Å². The van der Waals surface area contributed by atoms with Gasteiger partial charge in [-0.05, 0) is 5.25 Å². The highest BCUT2D eigenvalue weighted by Crippen LogP contribution is 2.20. The fourth-order valence-corrected chi connectivity index (χ4v) is 1.69. The summed E-state index contributed by atoms with van der Waals surface area (Å²) >= 11 is 1.16. The summed E-state index contributed by atoms with van der Waals surface area (Å²) in [4.78, 5) is 20.7. The van der Waals surface area contributed by atoms with Crippen molar-refractivity contribution in [1.29, 1.82) is 0 Å². The number of rotatable bonds is 5. The SMILES string of the molecule is CC(C)SC(CC(=O)O)C(=O)O. The third-order valence-electron chi connectivity index (χ3n) is 1.07. The molecule has 0 radical (unpaired) electrons. The van der Waals surface area contributed by atoms with E-state index in [1.54, 1.807) is 0 Å². The number of thioether (sulfide) groups is 1. The Morgan fingerprint density at radius 3 is 2.08 bits per heavy atom. The lowest BCUT2D eigenvalue weighted by atomic mass is 10.3. The molecule has 0 aromatic carbocycles. The zero-order chi connectivity index (χ0) is 9.72. The molecular weight excluding hydrogens is 180 g/mol. The number of carboxylic acid groups (broad SMARTS) is 2.